The first kappa shape index (κ1) is 10.2. The number of carbonyl (C=O) groups is 1. The summed E-state index contributed by atoms with van der Waals surface area (Å²) in [6.07, 6.45) is 1.13. The van der Waals surface area contributed by atoms with Gasteiger partial charge in [0.1, 0.15) is 0 Å². The number of amides is 1. The predicted molar refractivity (Wildman–Crippen MR) is 56.1 cm³/mol. The Kier molecular flexibility index (Phi) is 2.47. The van der Waals surface area contributed by atoms with Crippen molar-refractivity contribution in [1.29, 1.82) is 0 Å². The number of hydrogen-bond acceptors (Lipinski definition) is 3. The minimum Gasteiger partial charge on any atom is -0.344 e. The van der Waals surface area contributed by atoms with Crippen molar-refractivity contribution in [3.63, 3.8) is 0 Å². The van der Waals surface area contributed by atoms with Crippen LogP contribution < -0.4 is 5.69 Å². The molecule has 6 nitrogen and oxygen atoms in total. The van der Waals surface area contributed by atoms with E-state index in [0.717, 1.165) is 0 Å². The Morgan fingerprint density at radius 2 is 2.13 bits per heavy atom. The smallest absolute Gasteiger partial charge is 0.342 e. The summed E-state index contributed by atoms with van der Waals surface area (Å²) in [4.78, 5) is 24.3. The minimum atomic E-state index is -0.243. The van der Waals surface area contributed by atoms with Crippen LogP contribution in [0, 0.1) is 4.77 Å². The summed E-state index contributed by atoms with van der Waals surface area (Å²) in [5, 5.41) is 5.03. The molecule has 1 aliphatic rings. The van der Waals surface area contributed by atoms with Gasteiger partial charge in [0.05, 0.1) is 6.04 Å². The number of nitrogens with one attached hydrogen (secondary N) is 2. The normalized spacial score (nSPS) is 22.1. The lowest BCUT2D eigenvalue weighted by molar-refractivity contribution is -0.132. The largest absolute Gasteiger partial charge is 0.344 e. The molecule has 1 aromatic heterocycles. The van der Waals surface area contributed by atoms with E-state index in [2.05, 4.69) is 10.2 Å². The fourth-order valence-corrected chi connectivity index (χ4v) is 2.14. The van der Waals surface area contributed by atoms with Crippen molar-refractivity contribution >= 4 is 18.1 Å². The third kappa shape index (κ3) is 1.74. The second kappa shape index (κ2) is 3.65. The van der Waals surface area contributed by atoms with E-state index in [1.54, 1.807) is 11.9 Å². The summed E-state index contributed by atoms with van der Waals surface area (Å²) in [7, 11) is 1.74. The van der Waals surface area contributed by atoms with Crippen molar-refractivity contribution in [1.82, 2.24) is 19.7 Å². The van der Waals surface area contributed by atoms with Gasteiger partial charge in [-0.3, -0.25) is 14.5 Å². The van der Waals surface area contributed by atoms with Gasteiger partial charge in [0.25, 0.3) is 0 Å². The maximum Gasteiger partial charge on any atom is 0.342 e. The molecule has 1 atom stereocenters. The molecule has 1 aromatic rings. The molecule has 0 bridgehead atoms. The van der Waals surface area contributed by atoms with Gasteiger partial charge in [0.2, 0.25) is 5.91 Å². The van der Waals surface area contributed by atoms with E-state index >= 15 is 0 Å². The molecule has 2 rings (SSSR count). The van der Waals surface area contributed by atoms with E-state index in [-0.39, 0.29) is 17.6 Å². The highest BCUT2D eigenvalue weighted by Crippen LogP contribution is 2.19. The molecule has 15 heavy (non-hydrogen) atoms. The van der Waals surface area contributed by atoms with Gasteiger partial charge >= 0.3 is 5.69 Å². The van der Waals surface area contributed by atoms with Crippen LogP contribution in [0.4, 0.5) is 0 Å². The van der Waals surface area contributed by atoms with Crippen molar-refractivity contribution in [2.75, 3.05) is 13.6 Å². The van der Waals surface area contributed by atoms with Crippen LogP contribution in [0.2, 0.25) is 0 Å². The maximum atomic E-state index is 11.4. The Labute approximate surface area is 90.9 Å². The van der Waals surface area contributed by atoms with Crippen LogP contribution in [0.1, 0.15) is 18.9 Å². The topological polar surface area (TPSA) is 73.9 Å². The number of aromatic amines is 2. The average Bonchev–Trinajstić information content (AvgIpc) is 2.52. The molecule has 0 saturated carbocycles. The third-order valence-electron chi connectivity index (χ3n) is 2.68. The zero-order chi connectivity index (χ0) is 11.0. The van der Waals surface area contributed by atoms with Crippen molar-refractivity contribution in [3.05, 3.63) is 15.3 Å². The number of likely N-dealkylation sites (tertiary alicyclic amines) is 1. The number of likely N-dealkylation sites (N-methyl/N-ethyl adjacent to an activating group) is 1. The molecule has 0 spiro atoms. The van der Waals surface area contributed by atoms with E-state index in [1.807, 2.05) is 0 Å². The second-order valence-corrected chi connectivity index (χ2v) is 4.08. The lowest BCUT2D eigenvalue weighted by atomic mass is 10.1. The van der Waals surface area contributed by atoms with Gasteiger partial charge < -0.3 is 4.90 Å². The second-order valence-electron chi connectivity index (χ2n) is 3.70. The van der Waals surface area contributed by atoms with Crippen LogP contribution in [0.15, 0.2) is 4.79 Å². The zero-order valence-corrected chi connectivity index (χ0v) is 9.13. The highest BCUT2D eigenvalue weighted by molar-refractivity contribution is 7.71. The van der Waals surface area contributed by atoms with Gasteiger partial charge in [-0.05, 0) is 18.6 Å². The molecule has 1 aliphatic heterocycles. The lowest BCUT2D eigenvalue weighted by Gasteiger charge is -2.29. The average molecular weight is 228 g/mol. The molecule has 7 heteroatoms. The van der Waals surface area contributed by atoms with Crippen LogP contribution >= 0.6 is 12.2 Å². The van der Waals surface area contributed by atoms with Crippen molar-refractivity contribution in [3.8, 4) is 0 Å². The van der Waals surface area contributed by atoms with Crippen LogP contribution in [-0.2, 0) is 4.79 Å². The first-order valence-electron chi connectivity index (χ1n) is 4.72. The van der Waals surface area contributed by atoms with E-state index in [9.17, 15) is 9.59 Å². The highest BCUT2D eigenvalue weighted by atomic mass is 32.1. The van der Waals surface area contributed by atoms with Gasteiger partial charge in [-0.25, -0.2) is 9.89 Å². The molecule has 1 saturated heterocycles. The summed E-state index contributed by atoms with van der Waals surface area (Å²) in [6, 6.07) is -0.0183. The monoisotopic (exact) mass is 228 g/mol. The van der Waals surface area contributed by atoms with Gasteiger partial charge in [0, 0.05) is 20.0 Å². The van der Waals surface area contributed by atoms with Crippen LogP contribution in [0.25, 0.3) is 0 Å². The molecule has 2 N–H and O–H groups in total. The lowest BCUT2D eigenvalue weighted by Crippen LogP contribution is -2.40. The van der Waals surface area contributed by atoms with E-state index in [1.165, 1.54) is 4.57 Å². The Morgan fingerprint density at radius 1 is 1.40 bits per heavy atom. The molecular formula is C8H12N4O2S. The summed E-state index contributed by atoms with van der Waals surface area (Å²) in [6.45, 7) is 0.536. The molecule has 1 unspecified atom stereocenters. The number of nitrogens with zero attached hydrogens (tertiary/aromatic N) is 2. The Balaban J connectivity index is 2.30. The summed E-state index contributed by atoms with van der Waals surface area (Å²) >= 11 is 4.99. The van der Waals surface area contributed by atoms with Crippen LogP contribution in [0.3, 0.4) is 0 Å². The van der Waals surface area contributed by atoms with Gasteiger partial charge in [0.15, 0.2) is 4.77 Å². The van der Waals surface area contributed by atoms with E-state index in [4.69, 9.17) is 12.2 Å². The van der Waals surface area contributed by atoms with Crippen LogP contribution in [-0.4, -0.2) is 39.2 Å². The molecule has 0 aliphatic carbocycles. The molecule has 1 amide bonds. The van der Waals surface area contributed by atoms with Crippen molar-refractivity contribution < 1.29 is 4.79 Å². The van der Waals surface area contributed by atoms with E-state index in [0.29, 0.717) is 24.2 Å². The predicted octanol–water partition coefficient (Wildman–Crippen LogP) is 0.0273. The fourth-order valence-electron chi connectivity index (χ4n) is 1.85. The fraction of sp³-hybridized carbons (Fsp3) is 0.625. The first-order chi connectivity index (χ1) is 7.09. The third-order valence-corrected chi connectivity index (χ3v) is 2.98. The van der Waals surface area contributed by atoms with E-state index < -0.39 is 0 Å². The SMILES string of the molecule is CN1CC(n2c(=O)[nH][nH]c2=S)CCC1=O. The minimum absolute atomic E-state index is 0.0183. The number of H-pyrrole nitrogens is 2. The Hall–Kier alpha value is -1.37. The Morgan fingerprint density at radius 3 is 2.67 bits per heavy atom. The first-order valence-corrected chi connectivity index (χ1v) is 5.13. The standard InChI is InChI=1S/C8H12N4O2S/c1-11-4-5(2-3-6(11)13)12-7(14)9-10-8(12)15/h5H,2-4H2,1H3,(H,9,14)(H,10,15). The van der Waals surface area contributed by atoms with Crippen LogP contribution in [0.5, 0.6) is 0 Å². The zero-order valence-electron chi connectivity index (χ0n) is 8.32. The maximum absolute atomic E-state index is 11.4. The van der Waals surface area contributed by atoms with Crippen molar-refractivity contribution in [2.24, 2.45) is 0 Å². The van der Waals surface area contributed by atoms with Gasteiger partial charge in [-0.1, -0.05) is 0 Å². The molecule has 0 radical (unpaired) electrons. The molecule has 2 heterocycles. The van der Waals surface area contributed by atoms with Crippen molar-refractivity contribution in [2.45, 2.75) is 18.9 Å². The number of carbonyl (C=O) groups excluding carboxylic acids is 1. The Bertz CT molecular complexity index is 458. The quantitative estimate of drug-likeness (QED) is 0.666. The molecular weight excluding hydrogens is 216 g/mol. The molecule has 82 valence electrons. The highest BCUT2D eigenvalue weighted by Gasteiger charge is 2.25. The number of piperidine rings is 1. The number of hydrogen-bond donors (Lipinski definition) is 2. The number of rotatable bonds is 1. The molecule has 1 fully saturated rings. The molecule has 0 aromatic carbocycles. The summed E-state index contributed by atoms with van der Waals surface area (Å²) in [5.41, 5.74) is -0.243. The van der Waals surface area contributed by atoms with Gasteiger partial charge in [-0.2, -0.15) is 0 Å². The number of aromatic nitrogens is 3. The van der Waals surface area contributed by atoms with Gasteiger partial charge in [-0.15, -0.1) is 0 Å². The summed E-state index contributed by atoms with van der Waals surface area (Å²) < 4.78 is 1.88. The summed E-state index contributed by atoms with van der Waals surface area (Å²) in [5.74, 6) is 0.115.